The second-order valence-electron chi connectivity index (χ2n) is 4.27. The van der Waals surface area contributed by atoms with Gasteiger partial charge in [0.1, 0.15) is 10.4 Å². The molecule has 0 aliphatic carbocycles. The van der Waals surface area contributed by atoms with Gasteiger partial charge < -0.3 is 4.74 Å². The molecule has 0 radical (unpaired) electrons. The number of hydrogen-bond acceptors (Lipinski definition) is 5. The second kappa shape index (κ2) is 6.60. The normalized spacial score (nSPS) is 18.2. The van der Waals surface area contributed by atoms with Crippen molar-refractivity contribution in [3.8, 4) is 0 Å². The molecule has 0 saturated carbocycles. The molecule has 1 atom stereocenters. The van der Waals surface area contributed by atoms with Crippen molar-refractivity contribution < 1.29 is 14.3 Å². The van der Waals surface area contributed by atoms with Crippen molar-refractivity contribution in [3.05, 3.63) is 39.8 Å². The number of ether oxygens (including phenoxy) is 1. The highest BCUT2D eigenvalue weighted by Crippen LogP contribution is 2.35. The third kappa shape index (κ3) is 3.28. The van der Waals surface area contributed by atoms with Gasteiger partial charge in [-0.25, -0.2) is 4.79 Å². The maximum absolute atomic E-state index is 12.4. The number of carbonyl (C=O) groups excluding carboxylic acids is 2. The van der Waals surface area contributed by atoms with E-state index >= 15 is 0 Å². The van der Waals surface area contributed by atoms with Crippen LogP contribution >= 0.6 is 35.6 Å². The number of esters is 1. The largest absolute Gasteiger partial charge is 0.467 e. The number of benzene rings is 1. The maximum atomic E-state index is 12.4. The zero-order chi connectivity index (χ0) is 15.6. The first-order valence-electron chi connectivity index (χ1n) is 6.05. The summed E-state index contributed by atoms with van der Waals surface area (Å²) in [6, 6.07) is 6.43. The van der Waals surface area contributed by atoms with Crippen molar-refractivity contribution in [1.82, 2.24) is 4.90 Å². The summed E-state index contributed by atoms with van der Waals surface area (Å²) in [4.78, 5) is 25.7. The van der Waals surface area contributed by atoms with E-state index in [1.807, 2.05) is 12.1 Å². The van der Waals surface area contributed by atoms with Crippen molar-refractivity contribution in [1.29, 1.82) is 0 Å². The number of carbonyl (C=O) groups is 2. The summed E-state index contributed by atoms with van der Waals surface area (Å²) >= 11 is 12.4. The van der Waals surface area contributed by atoms with E-state index in [0.29, 0.717) is 14.2 Å². The van der Waals surface area contributed by atoms with Crippen LogP contribution in [-0.4, -0.2) is 34.2 Å². The van der Waals surface area contributed by atoms with Crippen LogP contribution in [0.3, 0.4) is 0 Å². The van der Waals surface area contributed by atoms with Crippen LogP contribution in [0.5, 0.6) is 0 Å². The van der Waals surface area contributed by atoms with E-state index in [2.05, 4.69) is 4.74 Å². The Morgan fingerprint density at radius 3 is 2.76 bits per heavy atom. The molecule has 1 aromatic rings. The number of rotatable bonds is 3. The van der Waals surface area contributed by atoms with Gasteiger partial charge in [0.05, 0.1) is 12.0 Å². The van der Waals surface area contributed by atoms with Crippen LogP contribution < -0.4 is 0 Å². The third-order valence-electron chi connectivity index (χ3n) is 2.94. The Morgan fingerprint density at radius 2 is 2.14 bits per heavy atom. The van der Waals surface area contributed by atoms with E-state index in [-0.39, 0.29) is 5.91 Å². The molecule has 1 fully saturated rings. The molecule has 21 heavy (non-hydrogen) atoms. The first-order chi connectivity index (χ1) is 9.95. The van der Waals surface area contributed by atoms with E-state index in [4.69, 9.17) is 23.8 Å². The molecule has 0 unspecified atom stereocenters. The fraction of sp³-hybridized carbons (Fsp3) is 0.214. The summed E-state index contributed by atoms with van der Waals surface area (Å²) in [6.45, 7) is 1.58. The Kier molecular flexibility index (Phi) is 5.03. The molecule has 1 aromatic carbocycles. The number of halogens is 1. The number of methoxy groups -OCH3 is 1. The van der Waals surface area contributed by atoms with E-state index in [1.54, 1.807) is 25.1 Å². The lowest BCUT2D eigenvalue weighted by Crippen LogP contribution is -2.42. The molecule has 0 bridgehead atoms. The molecular formula is C14H12ClNO3S2. The van der Waals surface area contributed by atoms with E-state index < -0.39 is 12.0 Å². The van der Waals surface area contributed by atoms with Gasteiger partial charge in [0.25, 0.3) is 5.91 Å². The summed E-state index contributed by atoms with van der Waals surface area (Å²) in [7, 11) is 1.27. The molecule has 0 aromatic heterocycles. The monoisotopic (exact) mass is 341 g/mol. The molecule has 1 amide bonds. The summed E-state index contributed by atoms with van der Waals surface area (Å²) in [6.07, 6.45) is 1.67. The lowest BCUT2D eigenvalue weighted by molar-refractivity contribution is -0.147. The van der Waals surface area contributed by atoms with Crippen molar-refractivity contribution in [2.24, 2.45) is 0 Å². The quantitative estimate of drug-likeness (QED) is 0.480. The minimum absolute atomic E-state index is 0.317. The Morgan fingerprint density at radius 1 is 1.48 bits per heavy atom. The molecule has 110 valence electrons. The van der Waals surface area contributed by atoms with Crippen LogP contribution in [-0.2, 0) is 14.3 Å². The lowest BCUT2D eigenvalue weighted by Gasteiger charge is -2.20. The Balaban J connectivity index is 2.30. The third-order valence-corrected chi connectivity index (χ3v) is 4.62. The van der Waals surface area contributed by atoms with Gasteiger partial charge in [0, 0.05) is 5.02 Å². The van der Waals surface area contributed by atoms with Gasteiger partial charge in [-0.15, -0.1) is 0 Å². The first kappa shape index (κ1) is 16.0. The van der Waals surface area contributed by atoms with Gasteiger partial charge in [0.15, 0.2) is 0 Å². The van der Waals surface area contributed by atoms with Gasteiger partial charge in [-0.3, -0.25) is 9.69 Å². The van der Waals surface area contributed by atoms with Crippen LogP contribution in [0, 0.1) is 0 Å². The standard InChI is InChI=1S/C14H12ClNO3S2/c1-8(13(18)19-2)16-12(17)11(21-14(16)20)7-9-5-3-4-6-10(9)15/h3-8H,1-2H3/b11-7-/t8-/m1/s1. The predicted molar refractivity (Wildman–Crippen MR) is 87.9 cm³/mol. The molecule has 1 aliphatic heterocycles. The fourth-order valence-electron chi connectivity index (χ4n) is 1.82. The van der Waals surface area contributed by atoms with E-state index in [1.165, 1.54) is 12.0 Å². The highest BCUT2D eigenvalue weighted by molar-refractivity contribution is 8.26. The van der Waals surface area contributed by atoms with Crippen molar-refractivity contribution in [2.45, 2.75) is 13.0 Å². The lowest BCUT2D eigenvalue weighted by atomic mass is 10.2. The van der Waals surface area contributed by atoms with Crippen LogP contribution in [0.25, 0.3) is 6.08 Å². The Labute approximate surface area is 137 Å². The molecule has 1 aliphatic rings. The molecule has 0 spiro atoms. The van der Waals surface area contributed by atoms with Crippen molar-refractivity contribution >= 4 is 57.9 Å². The first-order valence-corrected chi connectivity index (χ1v) is 7.65. The number of amides is 1. The SMILES string of the molecule is COC(=O)[C@@H](C)N1C(=O)/C(=C/c2ccccc2Cl)SC1=S. The van der Waals surface area contributed by atoms with Crippen molar-refractivity contribution in [3.63, 3.8) is 0 Å². The maximum Gasteiger partial charge on any atom is 0.328 e. The van der Waals surface area contributed by atoms with Crippen LogP contribution in [0.4, 0.5) is 0 Å². The molecule has 2 rings (SSSR count). The second-order valence-corrected chi connectivity index (χ2v) is 6.36. The Hall–Kier alpha value is -1.37. The number of hydrogen-bond donors (Lipinski definition) is 0. The average molecular weight is 342 g/mol. The highest BCUT2D eigenvalue weighted by atomic mass is 35.5. The summed E-state index contributed by atoms with van der Waals surface area (Å²) in [5.41, 5.74) is 0.727. The van der Waals surface area contributed by atoms with E-state index in [9.17, 15) is 9.59 Å². The van der Waals surface area contributed by atoms with Gasteiger partial charge in [-0.1, -0.05) is 53.8 Å². The van der Waals surface area contributed by atoms with Gasteiger partial charge >= 0.3 is 5.97 Å². The molecule has 0 N–H and O–H groups in total. The predicted octanol–water partition coefficient (Wildman–Crippen LogP) is 3.10. The van der Waals surface area contributed by atoms with E-state index in [0.717, 1.165) is 17.3 Å². The zero-order valence-electron chi connectivity index (χ0n) is 11.3. The molecular weight excluding hydrogens is 330 g/mol. The summed E-state index contributed by atoms with van der Waals surface area (Å²) < 4.78 is 4.98. The fourth-order valence-corrected chi connectivity index (χ4v) is 3.42. The van der Waals surface area contributed by atoms with Gasteiger partial charge in [-0.2, -0.15) is 0 Å². The summed E-state index contributed by atoms with van der Waals surface area (Å²) in [5.74, 6) is -0.826. The average Bonchev–Trinajstić information content (AvgIpc) is 2.74. The van der Waals surface area contributed by atoms with Gasteiger partial charge in [-0.05, 0) is 24.6 Å². The molecule has 1 heterocycles. The minimum Gasteiger partial charge on any atom is -0.467 e. The van der Waals surface area contributed by atoms with Crippen LogP contribution in [0.2, 0.25) is 5.02 Å². The highest BCUT2D eigenvalue weighted by Gasteiger charge is 2.38. The zero-order valence-corrected chi connectivity index (χ0v) is 13.7. The van der Waals surface area contributed by atoms with Crippen LogP contribution in [0.1, 0.15) is 12.5 Å². The molecule has 4 nitrogen and oxygen atoms in total. The number of thioether (sulfide) groups is 1. The number of nitrogens with zero attached hydrogens (tertiary/aromatic N) is 1. The van der Waals surface area contributed by atoms with Gasteiger partial charge in [0.2, 0.25) is 0 Å². The van der Waals surface area contributed by atoms with Crippen LogP contribution in [0.15, 0.2) is 29.2 Å². The Bertz CT molecular complexity index is 645. The summed E-state index contributed by atoms with van der Waals surface area (Å²) in [5, 5.41) is 0.545. The number of thiocarbonyl (C=S) groups is 1. The molecule has 7 heteroatoms. The minimum atomic E-state index is -0.750. The van der Waals surface area contributed by atoms with Crippen molar-refractivity contribution in [2.75, 3.05) is 7.11 Å². The smallest absolute Gasteiger partial charge is 0.328 e. The molecule has 1 saturated heterocycles. The topological polar surface area (TPSA) is 46.6 Å².